The number of benzene rings is 1. The normalized spacial score (nSPS) is 11.1. The molecule has 0 aliphatic carbocycles. The molecule has 1 atom stereocenters. The third kappa shape index (κ3) is 7.85. The van der Waals surface area contributed by atoms with E-state index in [0.29, 0.717) is 12.8 Å². The van der Waals surface area contributed by atoms with Gasteiger partial charge < -0.3 is 10.4 Å². The molecule has 0 fully saturated rings. The molecule has 3 heteroatoms. The van der Waals surface area contributed by atoms with Crippen molar-refractivity contribution in [2.45, 2.75) is 46.1 Å². The van der Waals surface area contributed by atoms with Crippen LogP contribution in [0.4, 0.5) is 0 Å². The molecule has 3 nitrogen and oxygen atoms in total. The summed E-state index contributed by atoms with van der Waals surface area (Å²) >= 11 is 0. The zero-order valence-electron chi connectivity index (χ0n) is 11.6. The maximum Gasteiger partial charge on any atom is 0.220 e. The van der Waals surface area contributed by atoms with Gasteiger partial charge in [0, 0.05) is 13.0 Å². The Balaban J connectivity index is 0.000000873. The number of amides is 1. The number of carbonyl (C=O) groups is 1. The Morgan fingerprint density at radius 2 is 1.83 bits per heavy atom. The second-order valence-electron chi connectivity index (χ2n) is 4.23. The molecule has 1 rings (SSSR count). The third-order valence-electron chi connectivity index (χ3n) is 2.24. The molecular formula is C15H25NO2. The van der Waals surface area contributed by atoms with Crippen LogP contribution in [0.1, 0.15) is 51.6 Å². The molecule has 0 aliphatic heterocycles. The van der Waals surface area contributed by atoms with E-state index < -0.39 is 0 Å². The molecule has 0 saturated carbocycles. The van der Waals surface area contributed by atoms with Crippen LogP contribution >= 0.6 is 0 Å². The van der Waals surface area contributed by atoms with Crippen molar-refractivity contribution in [3.63, 3.8) is 0 Å². The van der Waals surface area contributed by atoms with Crippen molar-refractivity contribution >= 4 is 5.91 Å². The fourth-order valence-corrected chi connectivity index (χ4v) is 1.38. The Labute approximate surface area is 110 Å². The first-order valence-electron chi connectivity index (χ1n) is 6.60. The van der Waals surface area contributed by atoms with Crippen LogP contribution in [0.3, 0.4) is 0 Å². The minimum absolute atomic E-state index is 0.0135. The number of aliphatic hydroxyl groups is 1. The quantitative estimate of drug-likeness (QED) is 0.845. The Kier molecular flexibility index (Phi) is 9.97. The summed E-state index contributed by atoms with van der Waals surface area (Å²) in [6.45, 7) is 6.26. The highest BCUT2D eigenvalue weighted by molar-refractivity contribution is 5.76. The van der Waals surface area contributed by atoms with Crippen LogP contribution in [0.25, 0.3) is 0 Å². The van der Waals surface area contributed by atoms with Gasteiger partial charge in [-0.3, -0.25) is 4.79 Å². The molecular weight excluding hydrogens is 226 g/mol. The summed E-state index contributed by atoms with van der Waals surface area (Å²) in [7, 11) is 0. The number of hydrogen-bond donors (Lipinski definition) is 2. The summed E-state index contributed by atoms with van der Waals surface area (Å²) in [4.78, 5) is 11.4. The van der Waals surface area contributed by atoms with Crippen molar-refractivity contribution in [1.29, 1.82) is 0 Å². The average molecular weight is 251 g/mol. The Hall–Kier alpha value is -1.35. The average Bonchev–Trinajstić information content (AvgIpc) is 2.38. The van der Waals surface area contributed by atoms with Crippen LogP contribution in [0, 0.1) is 0 Å². The van der Waals surface area contributed by atoms with E-state index in [1.807, 2.05) is 37.3 Å². The lowest BCUT2D eigenvalue weighted by molar-refractivity contribution is -0.122. The summed E-state index contributed by atoms with van der Waals surface area (Å²) in [6, 6.07) is 9.84. The lowest BCUT2D eigenvalue weighted by Crippen LogP contribution is -2.26. The number of rotatable bonds is 5. The number of carbonyl (C=O) groups excluding carboxylic acids is 1. The van der Waals surface area contributed by atoms with Crippen molar-refractivity contribution in [2.75, 3.05) is 6.61 Å². The molecule has 1 aromatic carbocycles. The van der Waals surface area contributed by atoms with Crippen LogP contribution < -0.4 is 5.32 Å². The number of nitrogens with one attached hydrogen (secondary N) is 1. The van der Waals surface area contributed by atoms with E-state index in [0.717, 1.165) is 5.56 Å². The van der Waals surface area contributed by atoms with Crippen LogP contribution in [0.5, 0.6) is 0 Å². The van der Waals surface area contributed by atoms with Gasteiger partial charge in [0.15, 0.2) is 0 Å². The van der Waals surface area contributed by atoms with E-state index in [1.165, 1.54) is 6.42 Å². The Morgan fingerprint density at radius 3 is 2.33 bits per heavy atom. The van der Waals surface area contributed by atoms with Crippen LogP contribution in [0.2, 0.25) is 0 Å². The topological polar surface area (TPSA) is 49.3 Å². The SMILES string of the molecule is CC(NC(=O)CCCO)c1ccccc1.CCC. The molecule has 0 aromatic heterocycles. The van der Waals surface area contributed by atoms with Gasteiger partial charge in [-0.2, -0.15) is 0 Å². The predicted molar refractivity (Wildman–Crippen MR) is 75.3 cm³/mol. The molecule has 2 N–H and O–H groups in total. The zero-order chi connectivity index (χ0) is 13.8. The van der Waals surface area contributed by atoms with Crippen LogP contribution in [0.15, 0.2) is 30.3 Å². The molecule has 0 heterocycles. The molecule has 0 aliphatic rings. The maximum absolute atomic E-state index is 11.4. The van der Waals surface area contributed by atoms with E-state index in [-0.39, 0.29) is 18.6 Å². The summed E-state index contributed by atoms with van der Waals surface area (Å²) in [5, 5.41) is 11.5. The minimum atomic E-state index is -0.0135. The molecule has 0 saturated heterocycles. The van der Waals surface area contributed by atoms with E-state index >= 15 is 0 Å². The minimum Gasteiger partial charge on any atom is -0.396 e. The van der Waals surface area contributed by atoms with Gasteiger partial charge in [-0.05, 0) is 18.9 Å². The van der Waals surface area contributed by atoms with Crippen molar-refractivity contribution in [2.24, 2.45) is 0 Å². The summed E-state index contributed by atoms with van der Waals surface area (Å²) in [5.41, 5.74) is 1.09. The summed E-state index contributed by atoms with van der Waals surface area (Å²) in [6.07, 6.45) is 2.15. The first-order valence-corrected chi connectivity index (χ1v) is 6.60. The Morgan fingerprint density at radius 1 is 1.28 bits per heavy atom. The Bertz CT molecular complexity index is 312. The molecule has 0 spiro atoms. The smallest absolute Gasteiger partial charge is 0.220 e. The first kappa shape index (κ1) is 16.6. The molecule has 1 aromatic rings. The highest BCUT2D eigenvalue weighted by Gasteiger charge is 2.07. The summed E-state index contributed by atoms with van der Waals surface area (Å²) in [5.74, 6) is -0.0135. The van der Waals surface area contributed by atoms with E-state index in [4.69, 9.17) is 5.11 Å². The van der Waals surface area contributed by atoms with Gasteiger partial charge in [0.1, 0.15) is 0 Å². The monoisotopic (exact) mass is 251 g/mol. The van der Waals surface area contributed by atoms with E-state index in [2.05, 4.69) is 19.2 Å². The van der Waals surface area contributed by atoms with Gasteiger partial charge >= 0.3 is 0 Å². The van der Waals surface area contributed by atoms with Crippen molar-refractivity contribution < 1.29 is 9.90 Å². The lowest BCUT2D eigenvalue weighted by Gasteiger charge is -2.13. The molecule has 0 bridgehead atoms. The van der Waals surface area contributed by atoms with Crippen molar-refractivity contribution in [3.05, 3.63) is 35.9 Å². The predicted octanol–water partition coefficient (Wildman–Crippen LogP) is 3.05. The molecule has 1 unspecified atom stereocenters. The van der Waals surface area contributed by atoms with Gasteiger partial charge in [-0.1, -0.05) is 50.6 Å². The molecule has 1 amide bonds. The number of hydrogen-bond acceptors (Lipinski definition) is 2. The highest BCUT2D eigenvalue weighted by Crippen LogP contribution is 2.11. The molecule has 0 radical (unpaired) electrons. The number of aliphatic hydroxyl groups excluding tert-OH is 1. The zero-order valence-corrected chi connectivity index (χ0v) is 11.6. The van der Waals surface area contributed by atoms with Crippen LogP contribution in [-0.2, 0) is 4.79 Å². The van der Waals surface area contributed by atoms with Gasteiger partial charge in [0.05, 0.1) is 6.04 Å². The lowest BCUT2D eigenvalue weighted by atomic mass is 10.1. The van der Waals surface area contributed by atoms with Gasteiger partial charge in [0.2, 0.25) is 5.91 Å². The van der Waals surface area contributed by atoms with Gasteiger partial charge in [-0.25, -0.2) is 0 Å². The van der Waals surface area contributed by atoms with Gasteiger partial charge in [-0.15, -0.1) is 0 Å². The fraction of sp³-hybridized carbons (Fsp3) is 0.533. The molecule has 18 heavy (non-hydrogen) atoms. The maximum atomic E-state index is 11.4. The van der Waals surface area contributed by atoms with E-state index in [9.17, 15) is 4.79 Å². The van der Waals surface area contributed by atoms with E-state index in [1.54, 1.807) is 0 Å². The van der Waals surface area contributed by atoms with Crippen molar-refractivity contribution in [1.82, 2.24) is 5.32 Å². The largest absolute Gasteiger partial charge is 0.396 e. The second kappa shape index (κ2) is 10.8. The van der Waals surface area contributed by atoms with Crippen molar-refractivity contribution in [3.8, 4) is 0 Å². The van der Waals surface area contributed by atoms with Crippen LogP contribution in [-0.4, -0.2) is 17.6 Å². The fourth-order valence-electron chi connectivity index (χ4n) is 1.38. The highest BCUT2D eigenvalue weighted by atomic mass is 16.3. The first-order chi connectivity index (χ1) is 8.65. The second-order valence-corrected chi connectivity index (χ2v) is 4.23. The van der Waals surface area contributed by atoms with Gasteiger partial charge in [0.25, 0.3) is 0 Å². The standard InChI is InChI=1S/C12H17NO2.C3H8/c1-10(11-6-3-2-4-7-11)13-12(15)8-5-9-14;1-3-2/h2-4,6-7,10,14H,5,8-9H2,1H3,(H,13,15);3H2,1-2H3. The molecule has 102 valence electrons. The third-order valence-corrected chi connectivity index (χ3v) is 2.24. The summed E-state index contributed by atoms with van der Waals surface area (Å²) < 4.78 is 0.